The molecular formula is C10H14N2O3. The van der Waals surface area contributed by atoms with Crippen molar-refractivity contribution in [3.8, 4) is 11.5 Å². The van der Waals surface area contributed by atoms with Crippen molar-refractivity contribution in [1.82, 2.24) is 5.43 Å². The fraction of sp³-hybridized carbons (Fsp3) is 0.300. The van der Waals surface area contributed by atoms with Crippen LogP contribution in [0.2, 0.25) is 0 Å². The lowest BCUT2D eigenvalue weighted by Crippen LogP contribution is -2.31. The first-order chi connectivity index (χ1) is 7.21. The molecular weight excluding hydrogens is 196 g/mol. The molecule has 1 aromatic carbocycles. The number of benzene rings is 1. The van der Waals surface area contributed by atoms with E-state index in [2.05, 4.69) is 5.43 Å². The molecule has 0 aliphatic heterocycles. The van der Waals surface area contributed by atoms with Gasteiger partial charge in [0.15, 0.2) is 11.5 Å². The Hall–Kier alpha value is -1.75. The van der Waals surface area contributed by atoms with E-state index in [4.69, 9.17) is 15.3 Å². The Balaban J connectivity index is 2.88. The minimum Gasteiger partial charge on any atom is -0.493 e. The van der Waals surface area contributed by atoms with Crippen LogP contribution >= 0.6 is 0 Å². The van der Waals surface area contributed by atoms with Gasteiger partial charge in [0.25, 0.3) is 0 Å². The van der Waals surface area contributed by atoms with E-state index >= 15 is 0 Å². The van der Waals surface area contributed by atoms with E-state index in [9.17, 15) is 4.79 Å². The molecule has 0 aromatic heterocycles. The Morgan fingerprint density at radius 2 is 2.00 bits per heavy atom. The Morgan fingerprint density at radius 3 is 2.53 bits per heavy atom. The number of ether oxygens (including phenoxy) is 2. The number of nitrogens with two attached hydrogens (primary N) is 1. The number of hydrogen-bond acceptors (Lipinski definition) is 4. The van der Waals surface area contributed by atoms with Gasteiger partial charge in [-0.1, -0.05) is 6.07 Å². The maximum absolute atomic E-state index is 11.0. The summed E-state index contributed by atoms with van der Waals surface area (Å²) in [5, 5.41) is 0. The van der Waals surface area contributed by atoms with Gasteiger partial charge in [0.1, 0.15) is 0 Å². The molecule has 0 heterocycles. The molecule has 3 N–H and O–H groups in total. The molecule has 0 unspecified atom stereocenters. The SMILES string of the molecule is COc1ccc(CC(=O)NN)cc1OC. The number of rotatable bonds is 4. The van der Waals surface area contributed by atoms with Crippen LogP contribution in [-0.2, 0) is 11.2 Å². The van der Waals surface area contributed by atoms with Crippen LogP contribution in [0.25, 0.3) is 0 Å². The number of amides is 1. The molecule has 1 aromatic rings. The molecule has 1 rings (SSSR count). The second-order valence-electron chi connectivity index (χ2n) is 2.93. The highest BCUT2D eigenvalue weighted by Gasteiger charge is 2.06. The lowest BCUT2D eigenvalue weighted by atomic mass is 10.1. The van der Waals surface area contributed by atoms with Gasteiger partial charge in [0.05, 0.1) is 20.6 Å². The summed E-state index contributed by atoms with van der Waals surface area (Å²) < 4.78 is 10.2. The lowest BCUT2D eigenvalue weighted by molar-refractivity contribution is -0.120. The van der Waals surface area contributed by atoms with Crippen LogP contribution in [-0.4, -0.2) is 20.1 Å². The summed E-state index contributed by atoms with van der Waals surface area (Å²) in [5.41, 5.74) is 2.88. The molecule has 0 bridgehead atoms. The molecule has 0 saturated heterocycles. The monoisotopic (exact) mass is 210 g/mol. The minimum absolute atomic E-state index is 0.219. The first-order valence-corrected chi connectivity index (χ1v) is 4.41. The van der Waals surface area contributed by atoms with E-state index in [1.807, 2.05) is 0 Å². The highest BCUT2D eigenvalue weighted by atomic mass is 16.5. The van der Waals surface area contributed by atoms with Crippen LogP contribution in [0.1, 0.15) is 5.56 Å². The first kappa shape index (κ1) is 11.3. The molecule has 0 fully saturated rings. The molecule has 0 aliphatic rings. The average Bonchev–Trinajstić information content (AvgIpc) is 2.28. The van der Waals surface area contributed by atoms with E-state index in [1.165, 1.54) is 0 Å². The maximum Gasteiger partial charge on any atom is 0.238 e. The van der Waals surface area contributed by atoms with Crippen LogP contribution in [0, 0.1) is 0 Å². The summed E-state index contributed by atoms with van der Waals surface area (Å²) in [4.78, 5) is 11.0. The Bertz CT molecular complexity index is 353. The highest BCUT2D eigenvalue weighted by Crippen LogP contribution is 2.27. The predicted octanol–water partition coefficient (Wildman–Crippen LogP) is 0.236. The highest BCUT2D eigenvalue weighted by molar-refractivity contribution is 5.78. The molecule has 0 aliphatic carbocycles. The van der Waals surface area contributed by atoms with Gasteiger partial charge in [0.2, 0.25) is 5.91 Å². The van der Waals surface area contributed by atoms with Crippen molar-refractivity contribution in [3.05, 3.63) is 23.8 Å². The van der Waals surface area contributed by atoms with Gasteiger partial charge >= 0.3 is 0 Å². The fourth-order valence-corrected chi connectivity index (χ4v) is 1.23. The smallest absolute Gasteiger partial charge is 0.238 e. The largest absolute Gasteiger partial charge is 0.493 e. The topological polar surface area (TPSA) is 73.6 Å². The summed E-state index contributed by atoms with van der Waals surface area (Å²) in [6.07, 6.45) is 0.219. The van der Waals surface area contributed by atoms with Crippen molar-refractivity contribution in [2.45, 2.75) is 6.42 Å². The molecule has 0 spiro atoms. The van der Waals surface area contributed by atoms with Crippen molar-refractivity contribution < 1.29 is 14.3 Å². The molecule has 5 nitrogen and oxygen atoms in total. The van der Waals surface area contributed by atoms with Crippen molar-refractivity contribution in [2.75, 3.05) is 14.2 Å². The second-order valence-corrected chi connectivity index (χ2v) is 2.93. The molecule has 82 valence electrons. The van der Waals surface area contributed by atoms with Crippen LogP contribution < -0.4 is 20.7 Å². The third kappa shape index (κ3) is 2.85. The molecule has 0 atom stereocenters. The third-order valence-electron chi connectivity index (χ3n) is 1.97. The standard InChI is InChI=1S/C10H14N2O3/c1-14-8-4-3-7(5-9(8)15-2)6-10(13)12-11/h3-5H,6,11H2,1-2H3,(H,12,13). The fourth-order valence-electron chi connectivity index (χ4n) is 1.23. The summed E-state index contributed by atoms with van der Waals surface area (Å²) in [7, 11) is 3.11. The first-order valence-electron chi connectivity index (χ1n) is 4.41. The predicted molar refractivity (Wildman–Crippen MR) is 55.6 cm³/mol. The normalized spacial score (nSPS) is 9.53. The van der Waals surface area contributed by atoms with Gasteiger partial charge < -0.3 is 9.47 Å². The van der Waals surface area contributed by atoms with Crippen LogP contribution in [0.5, 0.6) is 11.5 Å². The Labute approximate surface area is 88.1 Å². The second kappa shape index (κ2) is 5.21. The summed E-state index contributed by atoms with van der Waals surface area (Å²) >= 11 is 0. The number of methoxy groups -OCH3 is 2. The van der Waals surface area contributed by atoms with Gasteiger partial charge in [-0.3, -0.25) is 10.2 Å². The van der Waals surface area contributed by atoms with Crippen molar-refractivity contribution in [3.63, 3.8) is 0 Å². The Kier molecular flexibility index (Phi) is 3.93. The number of nitrogens with one attached hydrogen (secondary N) is 1. The quantitative estimate of drug-likeness (QED) is 0.424. The van der Waals surface area contributed by atoms with Crippen LogP contribution in [0.15, 0.2) is 18.2 Å². The number of hydrogen-bond donors (Lipinski definition) is 2. The third-order valence-corrected chi connectivity index (χ3v) is 1.97. The van der Waals surface area contributed by atoms with Gasteiger partial charge in [-0.25, -0.2) is 5.84 Å². The number of hydrazine groups is 1. The van der Waals surface area contributed by atoms with E-state index in [0.29, 0.717) is 11.5 Å². The zero-order valence-electron chi connectivity index (χ0n) is 8.74. The summed E-state index contributed by atoms with van der Waals surface area (Å²) in [6, 6.07) is 5.28. The van der Waals surface area contributed by atoms with Gasteiger partial charge in [-0.05, 0) is 17.7 Å². The summed E-state index contributed by atoms with van der Waals surface area (Å²) in [5.74, 6) is 5.97. The zero-order chi connectivity index (χ0) is 11.3. The zero-order valence-corrected chi connectivity index (χ0v) is 8.74. The Morgan fingerprint density at radius 1 is 1.33 bits per heavy atom. The number of carbonyl (C=O) groups is 1. The minimum atomic E-state index is -0.248. The summed E-state index contributed by atoms with van der Waals surface area (Å²) in [6.45, 7) is 0. The molecule has 1 amide bonds. The van der Waals surface area contributed by atoms with E-state index < -0.39 is 0 Å². The van der Waals surface area contributed by atoms with Crippen LogP contribution in [0.3, 0.4) is 0 Å². The van der Waals surface area contributed by atoms with E-state index in [0.717, 1.165) is 5.56 Å². The van der Waals surface area contributed by atoms with E-state index in [1.54, 1.807) is 32.4 Å². The van der Waals surface area contributed by atoms with Gasteiger partial charge in [-0.15, -0.1) is 0 Å². The molecule has 0 radical (unpaired) electrons. The number of carbonyl (C=O) groups excluding carboxylic acids is 1. The molecule has 0 saturated carbocycles. The van der Waals surface area contributed by atoms with Crippen LogP contribution in [0.4, 0.5) is 0 Å². The lowest BCUT2D eigenvalue weighted by Gasteiger charge is -2.08. The van der Waals surface area contributed by atoms with Crippen molar-refractivity contribution in [2.24, 2.45) is 5.84 Å². The van der Waals surface area contributed by atoms with Gasteiger partial charge in [0, 0.05) is 0 Å². The molecule has 5 heteroatoms. The molecule has 15 heavy (non-hydrogen) atoms. The van der Waals surface area contributed by atoms with E-state index in [-0.39, 0.29) is 12.3 Å². The van der Waals surface area contributed by atoms with Gasteiger partial charge in [-0.2, -0.15) is 0 Å². The maximum atomic E-state index is 11.0. The average molecular weight is 210 g/mol. The van der Waals surface area contributed by atoms with Crippen molar-refractivity contribution in [1.29, 1.82) is 0 Å². The van der Waals surface area contributed by atoms with Crippen molar-refractivity contribution >= 4 is 5.91 Å².